The Bertz CT molecular complexity index is 528. The number of halogens is 1. The van der Waals surface area contributed by atoms with Gasteiger partial charge in [0.2, 0.25) is 0 Å². The van der Waals surface area contributed by atoms with Crippen LogP contribution in [0.4, 0.5) is 5.69 Å². The summed E-state index contributed by atoms with van der Waals surface area (Å²) in [5.74, 6) is -0.0701. The minimum absolute atomic E-state index is 0.0701. The summed E-state index contributed by atoms with van der Waals surface area (Å²) in [6, 6.07) is 5.68. The summed E-state index contributed by atoms with van der Waals surface area (Å²) in [5.41, 5.74) is 6.39. The molecule has 3 N–H and O–H groups in total. The maximum Gasteiger partial charge on any atom is 0.261 e. The molecule has 2 heterocycles. The number of aryl methyl sites for hydroxylation is 1. The van der Waals surface area contributed by atoms with Crippen molar-refractivity contribution in [2.45, 2.75) is 13.5 Å². The Balaban J connectivity index is 1.98. The van der Waals surface area contributed by atoms with Crippen LogP contribution in [0.25, 0.3) is 0 Å². The van der Waals surface area contributed by atoms with E-state index in [-0.39, 0.29) is 5.91 Å². The molecule has 1 amide bonds. The number of nitrogen functional groups attached to an aromatic ring is 1. The molecule has 6 heteroatoms. The second-order valence-corrected chi connectivity index (χ2v) is 7.31. The summed E-state index contributed by atoms with van der Waals surface area (Å²) in [6.45, 7) is 2.46. The van der Waals surface area contributed by atoms with E-state index in [1.165, 1.54) is 11.3 Å². The van der Waals surface area contributed by atoms with Crippen LogP contribution in [0.3, 0.4) is 0 Å². The van der Waals surface area contributed by atoms with E-state index in [1.54, 1.807) is 17.4 Å². The molecule has 0 radical (unpaired) electrons. The molecule has 0 bridgehead atoms. The van der Waals surface area contributed by atoms with Crippen molar-refractivity contribution in [1.82, 2.24) is 5.32 Å². The van der Waals surface area contributed by atoms with Gasteiger partial charge in [0, 0.05) is 15.4 Å². The van der Waals surface area contributed by atoms with E-state index in [1.807, 2.05) is 19.1 Å². The van der Waals surface area contributed by atoms with Crippen molar-refractivity contribution in [3.63, 3.8) is 0 Å². The Labute approximate surface area is 116 Å². The Kier molecular flexibility index (Phi) is 3.86. The smallest absolute Gasteiger partial charge is 0.261 e. The number of anilines is 1. The fourth-order valence-electron chi connectivity index (χ4n) is 1.31. The van der Waals surface area contributed by atoms with Crippen LogP contribution >= 0.6 is 38.6 Å². The number of hydrogen-bond donors (Lipinski definition) is 2. The Morgan fingerprint density at radius 2 is 2.24 bits per heavy atom. The summed E-state index contributed by atoms with van der Waals surface area (Å²) in [4.78, 5) is 14.6. The number of carbonyl (C=O) groups excluding carboxylic acids is 1. The lowest BCUT2D eigenvalue weighted by molar-refractivity contribution is 0.0955. The zero-order chi connectivity index (χ0) is 12.4. The van der Waals surface area contributed by atoms with Gasteiger partial charge in [0.05, 0.1) is 15.2 Å². The van der Waals surface area contributed by atoms with Gasteiger partial charge in [-0.1, -0.05) is 0 Å². The highest BCUT2D eigenvalue weighted by molar-refractivity contribution is 9.11. The Hall–Kier alpha value is -0.850. The van der Waals surface area contributed by atoms with Gasteiger partial charge in [-0.15, -0.1) is 22.7 Å². The van der Waals surface area contributed by atoms with Gasteiger partial charge in [0.1, 0.15) is 0 Å². The first-order chi connectivity index (χ1) is 8.06. The third-order valence-corrected chi connectivity index (χ3v) is 4.92. The fourth-order valence-corrected chi connectivity index (χ4v) is 3.59. The predicted molar refractivity (Wildman–Crippen MR) is 76.7 cm³/mol. The fraction of sp³-hybridized carbons (Fsp3) is 0.182. The minimum Gasteiger partial charge on any atom is -0.398 e. The molecule has 0 spiro atoms. The quantitative estimate of drug-likeness (QED) is 0.906. The van der Waals surface area contributed by atoms with Gasteiger partial charge in [-0.2, -0.15) is 0 Å². The molecule has 0 saturated heterocycles. The summed E-state index contributed by atoms with van der Waals surface area (Å²) in [7, 11) is 0. The molecule has 0 aliphatic rings. The number of nitrogens with one attached hydrogen (secondary N) is 1. The van der Waals surface area contributed by atoms with Gasteiger partial charge < -0.3 is 11.1 Å². The van der Waals surface area contributed by atoms with Crippen molar-refractivity contribution < 1.29 is 4.79 Å². The minimum atomic E-state index is -0.0701. The van der Waals surface area contributed by atoms with Gasteiger partial charge >= 0.3 is 0 Å². The van der Waals surface area contributed by atoms with Crippen LogP contribution in [0.5, 0.6) is 0 Å². The number of rotatable bonds is 3. The topological polar surface area (TPSA) is 55.1 Å². The Morgan fingerprint density at radius 1 is 1.47 bits per heavy atom. The molecule has 0 unspecified atom stereocenters. The molecule has 3 nitrogen and oxygen atoms in total. The molecule has 2 aromatic heterocycles. The largest absolute Gasteiger partial charge is 0.398 e. The lowest BCUT2D eigenvalue weighted by Gasteiger charge is -2.00. The van der Waals surface area contributed by atoms with Crippen LogP contribution in [0.15, 0.2) is 22.0 Å². The first kappa shape index (κ1) is 12.6. The van der Waals surface area contributed by atoms with Crippen LogP contribution in [-0.2, 0) is 6.54 Å². The third-order valence-electron chi connectivity index (χ3n) is 2.23. The summed E-state index contributed by atoms with van der Waals surface area (Å²) in [5, 5.41) is 2.87. The van der Waals surface area contributed by atoms with Crippen molar-refractivity contribution in [3.05, 3.63) is 36.6 Å². The maximum absolute atomic E-state index is 11.8. The van der Waals surface area contributed by atoms with E-state index in [4.69, 9.17) is 5.73 Å². The monoisotopic (exact) mass is 330 g/mol. The van der Waals surface area contributed by atoms with Gasteiger partial charge in [-0.3, -0.25) is 4.79 Å². The molecule has 17 heavy (non-hydrogen) atoms. The SMILES string of the molecule is Cc1sc(C(=O)NCc2ccc(Br)s2)cc1N. The van der Waals surface area contributed by atoms with E-state index in [0.29, 0.717) is 17.1 Å². The molecule has 0 saturated carbocycles. The molecule has 0 aliphatic heterocycles. The van der Waals surface area contributed by atoms with Gasteiger partial charge in [0.25, 0.3) is 5.91 Å². The van der Waals surface area contributed by atoms with Gasteiger partial charge in [-0.05, 0) is 41.1 Å². The number of thiophene rings is 2. The zero-order valence-electron chi connectivity index (χ0n) is 9.12. The van der Waals surface area contributed by atoms with Crippen molar-refractivity contribution in [2.75, 3.05) is 5.73 Å². The van der Waals surface area contributed by atoms with Crippen molar-refractivity contribution in [1.29, 1.82) is 0 Å². The van der Waals surface area contributed by atoms with E-state index in [9.17, 15) is 4.79 Å². The zero-order valence-corrected chi connectivity index (χ0v) is 12.3. The third kappa shape index (κ3) is 3.08. The molecular formula is C11H11BrN2OS2. The number of hydrogen-bond acceptors (Lipinski definition) is 4. The van der Waals surface area contributed by atoms with Crippen molar-refractivity contribution >= 4 is 50.2 Å². The van der Waals surface area contributed by atoms with Crippen molar-refractivity contribution in [2.24, 2.45) is 0 Å². The summed E-state index contributed by atoms with van der Waals surface area (Å²) < 4.78 is 1.07. The second kappa shape index (κ2) is 5.20. The molecule has 2 aromatic rings. The maximum atomic E-state index is 11.8. The van der Waals surface area contributed by atoms with Crippen LogP contribution in [0.2, 0.25) is 0 Å². The van der Waals surface area contributed by atoms with Crippen LogP contribution in [0, 0.1) is 6.92 Å². The average molecular weight is 331 g/mol. The number of nitrogens with two attached hydrogens (primary N) is 1. The molecular weight excluding hydrogens is 320 g/mol. The van der Waals surface area contributed by atoms with Crippen molar-refractivity contribution in [3.8, 4) is 0 Å². The van der Waals surface area contributed by atoms with Gasteiger partial charge in [-0.25, -0.2) is 0 Å². The highest BCUT2D eigenvalue weighted by Crippen LogP contribution is 2.24. The van der Waals surface area contributed by atoms with E-state index in [2.05, 4.69) is 21.2 Å². The van der Waals surface area contributed by atoms with Gasteiger partial charge in [0.15, 0.2) is 0 Å². The lowest BCUT2D eigenvalue weighted by atomic mass is 10.3. The summed E-state index contributed by atoms with van der Waals surface area (Å²) >= 11 is 6.42. The van der Waals surface area contributed by atoms with Crippen LogP contribution in [0.1, 0.15) is 19.4 Å². The molecule has 90 valence electrons. The average Bonchev–Trinajstić information content (AvgIpc) is 2.83. The highest BCUT2D eigenvalue weighted by atomic mass is 79.9. The second-order valence-electron chi connectivity index (χ2n) is 3.51. The van der Waals surface area contributed by atoms with E-state index in [0.717, 1.165) is 13.5 Å². The molecule has 0 atom stereocenters. The van der Waals surface area contributed by atoms with Crippen LogP contribution in [-0.4, -0.2) is 5.91 Å². The summed E-state index contributed by atoms with van der Waals surface area (Å²) in [6.07, 6.45) is 0. The van der Waals surface area contributed by atoms with Crippen LogP contribution < -0.4 is 11.1 Å². The number of carbonyl (C=O) groups is 1. The molecule has 2 rings (SSSR count). The number of amides is 1. The van der Waals surface area contributed by atoms with E-state index < -0.39 is 0 Å². The predicted octanol–water partition coefficient (Wildman–Crippen LogP) is 3.39. The Morgan fingerprint density at radius 3 is 2.76 bits per heavy atom. The molecule has 0 aliphatic carbocycles. The standard InChI is InChI=1S/C11H11BrN2OS2/c1-6-8(13)4-9(16-6)11(15)14-5-7-2-3-10(12)17-7/h2-4H,5,13H2,1H3,(H,14,15). The first-order valence-corrected chi connectivity index (χ1v) is 7.37. The lowest BCUT2D eigenvalue weighted by Crippen LogP contribution is -2.21. The first-order valence-electron chi connectivity index (χ1n) is 4.94. The highest BCUT2D eigenvalue weighted by Gasteiger charge is 2.10. The molecule has 0 aromatic carbocycles. The van der Waals surface area contributed by atoms with E-state index >= 15 is 0 Å². The molecule has 0 fully saturated rings. The normalized spacial score (nSPS) is 10.5.